The van der Waals surface area contributed by atoms with E-state index in [1.165, 1.54) is 19.3 Å². The van der Waals surface area contributed by atoms with Gasteiger partial charge < -0.3 is 14.5 Å². The Morgan fingerprint density at radius 3 is 2.08 bits per heavy atom. The van der Waals surface area contributed by atoms with Crippen molar-refractivity contribution >= 4 is 12.0 Å². The number of ether oxygens (including phenoxy) is 1. The predicted octanol–water partition coefficient (Wildman–Crippen LogP) is 3.43. The van der Waals surface area contributed by atoms with E-state index < -0.39 is 5.60 Å². The highest BCUT2D eigenvalue weighted by atomic mass is 16.6. The Kier molecular flexibility index (Phi) is 4.80. The van der Waals surface area contributed by atoms with E-state index in [-0.39, 0.29) is 17.4 Å². The number of carbonyl (C=O) groups excluding carboxylic acids is 2. The van der Waals surface area contributed by atoms with Crippen LogP contribution in [0.25, 0.3) is 0 Å². The third kappa shape index (κ3) is 3.86. The van der Waals surface area contributed by atoms with Crippen LogP contribution in [-0.4, -0.2) is 53.6 Å². The van der Waals surface area contributed by atoms with Crippen LogP contribution in [-0.2, 0) is 9.53 Å². The van der Waals surface area contributed by atoms with Crippen molar-refractivity contribution in [1.29, 1.82) is 0 Å². The van der Waals surface area contributed by atoms with Crippen LogP contribution in [0.15, 0.2) is 0 Å². The Hall–Kier alpha value is -1.26. The minimum Gasteiger partial charge on any atom is -0.444 e. The van der Waals surface area contributed by atoms with E-state index in [1.807, 2.05) is 25.7 Å². The molecule has 1 spiro atoms. The summed E-state index contributed by atoms with van der Waals surface area (Å²) in [4.78, 5) is 28.6. The summed E-state index contributed by atoms with van der Waals surface area (Å²) in [5.41, 5.74) is -0.212. The van der Waals surface area contributed by atoms with Crippen molar-refractivity contribution in [1.82, 2.24) is 9.80 Å². The summed E-state index contributed by atoms with van der Waals surface area (Å²) in [5, 5.41) is 0. The van der Waals surface area contributed by atoms with E-state index in [0.29, 0.717) is 5.91 Å². The molecular weight excluding hydrogens is 304 g/mol. The molecule has 1 aliphatic carbocycles. The lowest BCUT2D eigenvalue weighted by molar-refractivity contribution is -0.141. The molecule has 0 radical (unpaired) electrons. The van der Waals surface area contributed by atoms with E-state index in [0.717, 1.165) is 51.9 Å². The van der Waals surface area contributed by atoms with Gasteiger partial charge in [0, 0.05) is 37.5 Å². The SMILES string of the molecule is CC(C)(C)OC(=O)N1CC2(CCN(C(=O)C3CCCCC3)CC2)C1. The molecule has 5 heteroatoms. The minimum atomic E-state index is -0.435. The number of likely N-dealkylation sites (tertiary alicyclic amines) is 2. The molecule has 2 amide bonds. The van der Waals surface area contributed by atoms with Gasteiger partial charge in [0.2, 0.25) is 5.91 Å². The molecule has 136 valence electrons. The normalized spacial score (nSPS) is 24.6. The lowest BCUT2D eigenvalue weighted by Crippen LogP contribution is -2.63. The van der Waals surface area contributed by atoms with E-state index in [1.54, 1.807) is 0 Å². The number of hydrogen-bond donors (Lipinski definition) is 0. The molecule has 0 N–H and O–H groups in total. The molecule has 2 heterocycles. The van der Waals surface area contributed by atoms with E-state index in [2.05, 4.69) is 4.90 Å². The molecule has 5 nitrogen and oxygen atoms in total. The Labute approximate surface area is 145 Å². The second-order valence-corrected chi connectivity index (χ2v) is 9.00. The molecule has 24 heavy (non-hydrogen) atoms. The Morgan fingerprint density at radius 2 is 1.54 bits per heavy atom. The highest BCUT2D eigenvalue weighted by molar-refractivity contribution is 5.79. The van der Waals surface area contributed by atoms with Crippen LogP contribution in [0.3, 0.4) is 0 Å². The van der Waals surface area contributed by atoms with Crippen LogP contribution in [0.2, 0.25) is 0 Å². The molecule has 3 aliphatic rings. The highest BCUT2D eigenvalue weighted by Crippen LogP contribution is 2.41. The van der Waals surface area contributed by atoms with Crippen LogP contribution < -0.4 is 0 Å². The number of piperidine rings is 1. The zero-order valence-electron chi connectivity index (χ0n) is 15.5. The standard InChI is InChI=1S/C19H32N2O3/c1-18(2,3)24-17(23)21-13-19(14-21)9-11-20(12-10-19)16(22)15-7-5-4-6-8-15/h15H,4-14H2,1-3H3. The molecular formula is C19H32N2O3. The largest absolute Gasteiger partial charge is 0.444 e. The molecule has 3 fully saturated rings. The van der Waals surface area contributed by atoms with Gasteiger partial charge >= 0.3 is 6.09 Å². The van der Waals surface area contributed by atoms with Gasteiger partial charge in [0.15, 0.2) is 0 Å². The van der Waals surface area contributed by atoms with Gasteiger partial charge in [-0.1, -0.05) is 19.3 Å². The van der Waals surface area contributed by atoms with Gasteiger partial charge in [0.25, 0.3) is 0 Å². The Bertz CT molecular complexity index is 475. The summed E-state index contributed by atoms with van der Waals surface area (Å²) in [6.07, 6.45) is 7.69. The van der Waals surface area contributed by atoms with Gasteiger partial charge in [0.1, 0.15) is 5.60 Å². The highest BCUT2D eigenvalue weighted by Gasteiger charge is 2.48. The first-order valence-electron chi connectivity index (χ1n) is 9.55. The molecule has 0 atom stereocenters. The molecule has 0 bridgehead atoms. The maximum absolute atomic E-state index is 12.6. The van der Waals surface area contributed by atoms with Gasteiger partial charge in [-0.2, -0.15) is 0 Å². The molecule has 2 saturated heterocycles. The van der Waals surface area contributed by atoms with Crippen molar-refractivity contribution in [3.8, 4) is 0 Å². The summed E-state index contributed by atoms with van der Waals surface area (Å²) in [6.45, 7) is 8.98. The quantitative estimate of drug-likeness (QED) is 0.737. The smallest absolute Gasteiger partial charge is 0.410 e. The number of carbonyl (C=O) groups is 2. The molecule has 0 unspecified atom stereocenters. The summed E-state index contributed by atoms with van der Waals surface area (Å²) in [6, 6.07) is 0. The van der Waals surface area contributed by atoms with E-state index in [4.69, 9.17) is 4.74 Å². The number of rotatable bonds is 1. The van der Waals surface area contributed by atoms with Gasteiger partial charge in [-0.3, -0.25) is 4.79 Å². The Balaban J connectivity index is 1.44. The maximum atomic E-state index is 12.6. The lowest BCUT2D eigenvalue weighted by Gasteiger charge is -2.53. The number of nitrogens with zero attached hydrogens (tertiary/aromatic N) is 2. The first-order chi connectivity index (χ1) is 11.3. The zero-order valence-corrected chi connectivity index (χ0v) is 15.5. The molecule has 2 aliphatic heterocycles. The van der Waals surface area contributed by atoms with E-state index in [9.17, 15) is 9.59 Å². The topological polar surface area (TPSA) is 49.9 Å². The third-order valence-corrected chi connectivity index (χ3v) is 5.79. The third-order valence-electron chi connectivity index (χ3n) is 5.79. The van der Waals surface area contributed by atoms with Crippen molar-refractivity contribution in [3.05, 3.63) is 0 Å². The molecule has 1 saturated carbocycles. The molecule has 0 aromatic carbocycles. The fourth-order valence-electron chi connectivity index (χ4n) is 4.34. The fraction of sp³-hybridized carbons (Fsp3) is 0.895. The van der Waals surface area contributed by atoms with Crippen LogP contribution in [0.4, 0.5) is 4.79 Å². The first-order valence-corrected chi connectivity index (χ1v) is 9.55. The van der Waals surface area contributed by atoms with Gasteiger partial charge in [-0.15, -0.1) is 0 Å². The lowest BCUT2D eigenvalue weighted by atomic mass is 9.72. The van der Waals surface area contributed by atoms with Crippen molar-refractivity contribution in [3.63, 3.8) is 0 Å². The van der Waals surface area contributed by atoms with Gasteiger partial charge in [0.05, 0.1) is 0 Å². The van der Waals surface area contributed by atoms with E-state index >= 15 is 0 Å². The van der Waals surface area contributed by atoms with Crippen molar-refractivity contribution in [2.45, 2.75) is 71.3 Å². The summed E-state index contributed by atoms with van der Waals surface area (Å²) >= 11 is 0. The monoisotopic (exact) mass is 336 g/mol. The van der Waals surface area contributed by atoms with Crippen LogP contribution in [0, 0.1) is 11.3 Å². The second kappa shape index (κ2) is 6.57. The molecule has 3 rings (SSSR count). The molecule has 0 aromatic rings. The van der Waals surface area contributed by atoms with Crippen LogP contribution in [0.1, 0.15) is 65.7 Å². The summed E-state index contributed by atoms with van der Waals surface area (Å²) < 4.78 is 5.44. The zero-order chi connectivity index (χ0) is 17.4. The first kappa shape index (κ1) is 17.6. The van der Waals surface area contributed by atoms with Gasteiger partial charge in [-0.05, 0) is 46.5 Å². The number of hydrogen-bond acceptors (Lipinski definition) is 3. The minimum absolute atomic E-state index is 0.200. The summed E-state index contributed by atoms with van der Waals surface area (Å²) in [7, 11) is 0. The van der Waals surface area contributed by atoms with Crippen LogP contribution in [0.5, 0.6) is 0 Å². The molecule has 0 aromatic heterocycles. The average molecular weight is 336 g/mol. The number of amides is 2. The fourth-order valence-corrected chi connectivity index (χ4v) is 4.34. The van der Waals surface area contributed by atoms with Gasteiger partial charge in [-0.25, -0.2) is 4.79 Å². The van der Waals surface area contributed by atoms with Crippen molar-refractivity contribution in [2.24, 2.45) is 11.3 Å². The summed E-state index contributed by atoms with van der Waals surface area (Å²) in [5.74, 6) is 0.653. The maximum Gasteiger partial charge on any atom is 0.410 e. The van der Waals surface area contributed by atoms with Crippen LogP contribution >= 0.6 is 0 Å². The Morgan fingerprint density at radius 1 is 0.958 bits per heavy atom. The predicted molar refractivity (Wildman–Crippen MR) is 92.6 cm³/mol. The second-order valence-electron chi connectivity index (χ2n) is 9.00. The van der Waals surface area contributed by atoms with Crippen molar-refractivity contribution < 1.29 is 14.3 Å². The van der Waals surface area contributed by atoms with Crippen molar-refractivity contribution in [2.75, 3.05) is 26.2 Å². The average Bonchev–Trinajstić information content (AvgIpc) is 2.51.